The van der Waals surface area contributed by atoms with E-state index in [1.54, 1.807) is 23.8 Å². The topological polar surface area (TPSA) is 198 Å². The van der Waals surface area contributed by atoms with E-state index < -0.39 is 76.2 Å². The molecule has 25 heteroatoms. The lowest BCUT2D eigenvalue weighted by molar-refractivity contribution is -0.190. The van der Waals surface area contributed by atoms with Gasteiger partial charge in [-0.25, -0.2) is 22.0 Å². The highest BCUT2D eigenvalue weighted by molar-refractivity contribution is 7.88. The molecule has 3 aliphatic rings. The van der Waals surface area contributed by atoms with Crippen molar-refractivity contribution >= 4 is 39.5 Å². The largest absolute Gasteiger partial charge is 0.405 e. The van der Waals surface area contributed by atoms with Crippen LogP contribution < -0.4 is 21.7 Å². The van der Waals surface area contributed by atoms with Crippen molar-refractivity contribution in [2.24, 2.45) is 17.4 Å². The number of hydrogen-bond donors (Lipinski definition) is 3. The molecule has 5 heterocycles. The maximum absolute atomic E-state index is 14.6. The number of piperidine rings is 1. The molecule has 0 bridgehead atoms. The monoisotopic (exact) mass is 1140 g/mol. The highest BCUT2D eigenvalue weighted by Gasteiger charge is 2.56. The molecule has 428 valence electrons. The summed E-state index contributed by atoms with van der Waals surface area (Å²) >= 11 is 0. The fourth-order valence-corrected chi connectivity index (χ4v) is 11.7. The number of amides is 2. The summed E-state index contributed by atoms with van der Waals surface area (Å²) in [5, 5.41) is 11.8. The molecule has 9 rings (SSSR count). The number of alkyl halides is 6. The minimum absolute atomic E-state index is 0.0233. The van der Waals surface area contributed by atoms with Gasteiger partial charge in [-0.3, -0.25) is 9.59 Å². The summed E-state index contributed by atoms with van der Waals surface area (Å²) in [4.78, 5) is 44.3. The van der Waals surface area contributed by atoms with Crippen LogP contribution in [0.25, 0.3) is 0 Å². The summed E-state index contributed by atoms with van der Waals surface area (Å²) in [6.45, 7) is 3.23. The predicted octanol–water partition coefficient (Wildman–Crippen LogP) is 8.76. The number of nitrogens with two attached hydrogens (primary N) is 2. The number of carbonyl (C=O) groups is 3. The Labute approximate surface area is 457 Å². The van der Waals surface area contributed by atoms with E-state index in [1.807, 2.05) is 48.5 Å². The molecule has 3 fully saturated rings. The lowest BCUT2D eigenvalue weighted by atomic mass is 9.81. The highest BCUT2D eigenvalue weighted by atomic mass is 32.2. The zero-order valence-electron chi connectivity index (χ0n) is 44.0. The van der Waals surface area contributed by atoms with Gasteiger partial charge in [0.05, 0.1) is 34.7 Å². The number of benzene rings is 4. The number of anilines is 2. The molecule has 5 N–H and O–H groups in total. The quantitative estimate of drug-likeness (QED) is 0.0935. The number of likely N-dealkylation sites (tertiary alicyclic amines) is 2. The van der Waals surface area contributed by atoms with Gasteiger partial charge in [-0.1, -0.05) is 72.8 Å². The molecular weight excluding hydrogens is 1080 g/mol. The minimum Gasteiger partial charge on any atom is -0.366 e. The van der Waals surface area contributed by atoms with Gasteiger partial charge in [0.2, 0.25) is 10.0 Å². The first-order valence-corrected chi connectivity index (χ1v) is 27.7. The van der Waals surface area contributed by atoms with E-state index in [4.69, 9.17) is 11.5 Å². The van der Waals surface area contributed by atoms with Crippen LogP contribution in [0.5, 0.6) is 0 Å². The van der Waals surface area contributed by atoms with Crippen LogP contribution in [0, 0.1) is 24.5 Å². The van der Waals surface area contributed by atoms with Crippen molar-refractivity contribution in [1.82, 2.24) is 33.7 Å². The maximum Gasteiger partial charge on any atom is 0.405 e. The van der Waals surface area contributed by atoms with Crippen LogP contribution in [-0.2, 0) is 36.2 Å². The van der Waals surface area contributed by atoms with Gasteiger partial charge in [0.15, 0.2) is 0 Å². The lowest BCUT2D eigenvalue weighted by Gasteiger charge is -2.40. The third-order valence-electron chi connectivity index (χ3n) is 14.8. The van der Waals surface area contributed by atoms with Crippen molar-refractivity contribution < 1.29 is 57.9 Å². The number of nitrogens with one attached hydrogen (secondary N) is 1. The summed E-state index contributed by atoms with van der Waals surface area (Å²) < 4.78 is 141. The molecule has 0 spiro atoms. The van der Waals surface area contributed by atoms with Gasteiger partial charge in [0, 0.05) is 89.4 Å². The molecule has 3 aliphatic heterocycles. The van der Waals surface area contributed by atoms with Gasteiger partial charge in [0.25, 0.3) is 11.8 Å². The Hall–Kier alpha value is -7.22. The van der Waals surface area contributed by atoms with Gasteiger partial charge in [-0.15, -0.1) is 0 Å². The Morgan fingerprint density at radius 2 is 1.21 bits per heavy atom. The number of nitrogens with zero attached hydrogens (tertiary/aromatic N) is 8. The minimum atomic E-state index is -4.87. The number of urea groups is 1. The van der Waals surface area contributed by atoms with Crippen molar-refractivity contribution in [2.75, 3.05) is 56.2 Å². The van der Waals surface area contributed by atoms with Crippen molar-refractivity contribution in [3.05, 3.63) is 165 Å². The van der Waals surface area contributed by atoms with Crippen molar-refractivity contribution in [3.63, 3.8) is 0 Å². The second kappa shape index (κ2) is 24.2. The van der Waals surface area contributed by atoms with Gasteiger partial charge in [0.1, 0.15) is 29.3 Å². The third-order valence-corrected chi connectivity index (χ3v) is 16.0. The van der Waals surface area contributed by atoms with Crippen molar-refractivity contribution in [1.29, 1.82) is 0 Å². The highest BCUT2D eigenvalue weighted by Crippen LogP contribution is 2.46. The Bertz CT molecular complexity index is 3290. The van der Waals surface area contributed by atoms with E-state index in [2.05, 4.69) is 15.5 Å². The molecular formula is C55H61F8N11O5S. The SMILES string of the molecule is CN(Cc1ccc(CN)cc1)c1cc(C2CCN(S(C)(=O)=O)C2C(F)(F)F)nn1C(=O)c1ccccc1F.Cc1c(C2CCN(C(=O)N3CCCC3)CC2C(F)(F)F)nn(C(=O)c2ccccc2F)c1NCc1ccc(CN)cc1. The second-order valence-corrected chi connectivity index (χ2v) is 22.1. The van der Waals surface area contributed by atoms with Gasteiger partial charge < -0.3 is 31.5 Å². The predicted molar refractivity (Wildman–Crippen MR) is 283 cm³/mol. The molecule has 16 nitrogen and oxygen atoms in total. The van der Waals surface area contributed by atoms with E-state index >= 15 is 0 Å². The summed E-state index contributed by atoms with van der Waals surface area (Å²) in [5.74, 6) is -7.22. The van der Waals surface area contributed by atoms with Crippen LogP contribution in [0.1, 0.15) is 97.4 Å². The van der Waals surface area contributed by atoms with E-state index in [9.17, 15) is 57.9 Å². The fourth-order valence-electron chi connectivity index (χ4n) is 10.6. The number of carbonyl (C=O) groups excluding carboxylic acids is 3. The first kappa shape index (κ1) is 58.9. The molecule has 80 heavy (non-hydrogen) atoms. The fraction of sp³-hybridized carbons (Fsp3) is 0.400. The van der Waals surface area contributed by atoms with E-state index in [0.717, 1.165) is 62.8 Å². The van der Waals surface area contributed by atoms with Crippen LogP contribution in [-0.4, -0.2) is 124 Å². The van der Waals surface area contributed by atoms with E-state index in [0.29, 0.717) is 36.0 Å². The van der Waals surface area contributed by atoms with Crippen LogP contribution in [0.15, 0.2) is 103 Å². The number of hydrogen-bond acceptors (Lipinski definition) is 11. The van der Waals surface area contributed by atoms with Crippen LogP contribution in [0.4, 0.5) is 51.6 Å². The smallest absolute Gasteiger partial charge is 0.366 e. The molecule has 0 saturated carbocycles. The number of rotatable bonds is 13. The second-order valence-electron chi connectivity index (χ2n) is 20.2. The molecule has 0 radical (unpaired) electrons. The standard InChI is InChI=1S/C30H34F4N6O2.C25H27F4N5O3S/c1-19-26(22-12-15-39(18-24(22)30(32,33)34)29(42)38-13-4-5-14-38)37-40(28(41)23-6-2-3-7-25(23)31)27(19)36-17-21-10-8-20(16-35)9-11-21;1-32(15-17-9-7-16(14-30)8-10-17)22-13-21(31-34(22)24(35)18-5-3-4-6-20(18)26)19-11-12-33(38(2,36)37)23(19)25(27,28)29/h2-3,6-11,22,24,36H,4-5,12-18,35H2,1H3;3-10,13,19,23H,11-12,14-15,30H2,1-2H3. The van der Waals surface area contributed by atoms with Crippen molar-refractivity contribution in [2.45, 2.75) is 89.0 Å². The zero-order valence-corrected chi connectivity index (χ0v) is 44.8. The Kier molecular flexibility index (Phi) is 17.9. The summed E-state index contributed by atoms with van der Waals surface area (Å²) in [6, 6.07) is 24.0. The summed E-state index contributed by atoms with van der Waals surface area (Å²) in [5.41, 5.74) is 14.7. The molecule has 4 unspecified atom stereocenters. The average Bonchev–Trinajstić information content (AvgIpc) is 4.45. The maximum atomic E-state index is 14.6. The average molecular weight is 1140 g/mol. The van der Waals surface area contributed by atoms with Crippen LogP contribution in [0.3, 0.4) is 0 Å². The molecule has 3 saturated heterocycles. The van der Waals surface area contributed by atoms with Gasteiger partial charge >= 0.3 is 18.4 Å². The van der Waals surface area contributed by atoms with E-state index in [1.165, 1.54) is 47.4 Å². The molecule has 4 atom stereocenters. The summed E-state index contributed by atoms with van der Waals surface area (Å²) in [7, 11) is -2.54. The molecule has 0 aliphatic carbocycles. The Morgan fingerprint density at radius 3 is 1.74 bits per heavy atom. The lowest BCUT2D eigenvalue weighted by Crippen LogP contribution is -2.51. The first-order valence-electron chi connectivity index (χ1n) is 25.8. The van der Waals surface area contributed by atoms with Gasteiger partial charge in [-0.05, 0) is 79.1 Å². The number of halogens is 8. The van der Waals surface area contributed by atoms with Crippen LogP contribution >= 0.6 is 0 Å². The summed E-state index contributed by atoms with van der Waals surface area (Å²) in [6.07, 6.45) is -7.21. The molecule has 2 aromatic heterocycles. The number of aromatic nitrogens is 4. The zero-order chi connectivity index (χ0) is 57.8. The van der Waals surface area contributed by atoms with Gasteiger partial charge in [-0.2, -0.15) is 50.2 Å². The molecule has 6 aromatic rings. The third kappa shape index (κ3) is 13.0. The molecule has 2 amide bonds. The van der Waals surface area contributed by atoms with E-state index in [-0.39, 0.29) is 79.2 Å². The van der Waals surface area contributed by atoms with Crippen LogP contribution in [0.2, 0.25) is 0 Å². The molecule has 4 aromatic carbocycles. The van der Waals surface area contributed by atoms with Crippen molar-refractivity contribution in [3.8, 4) is 0 Å². The Balaban J connectivity index is 0.000000211. The first-order chi connectivity index (χ1) is 37.9. The Morgan fingerprint density at radius 1 is 0.688 bits per heavy atom. The normalized spacial score (nSPS) is 19.0. The number of sulfonamides is 1.